The van der Waals surface area contributed by atoms with Gasteiger partial charge in [-0.1, -0.05) is 17.7 Å². The van der Waals surface area contributed by atoms with Crippen LogP contribution in [0.3, 0.4) is 0 Å². The summed E-state index contributed by atoms with van der Waals surface area (Å²) in [6.45, 7) is 1.78. The van der Waals surface area contributed by atoms with E-state index >= 15 is 0 Å². The average molecular weight is 254 g/mol. The van der Waals surface area contributed by atoms with Crippen molar-refractivity contribution >= 4 is 17.5 Å². The molecule has 0 N–H and O–H groups in total. The van der Waals surface area contributed by atoms with E-state index in [1.165, 1.54) is 0 Å². The molecule has 3 nitrogen and oxygen atoms in total. The van der Waals surface area contributed by atoms with Crippen LogP contribution < -0.4 is 4.74 Å². The summed E-state index contributed by atoms with van der Waals surface area (Å²) in [6.07, 6.45) is 2.66. The predicted molar refractivity (Wildman–Crippen MR) is 67.5 cm³/mol. The SMILES string of the molecule is COc1ccc(CC(=O)N2CCCC2)cc1Cl. The standard InChI is InChI=1S/C13H16ClNO2/c1-17-12-5-4-10(8-11(12)14)9-13(16)15-6-2-3-7-15/h4-5,8H,2-3,6-7,9H2,1H3. The number of likely N-dealkylation sites (tertiary alicyclic amines) is 1. The second-order valence-corrected chi connectivity index (χ2v) is 4.64. The lowest BCUT2D eigenvalue weighted by molar-refractivity contribution is -0.129. The lowest BCUT2D eigenvalue weighted by Gasteiger charge is -2.15. The van der Waals surface area contributed by atoms with Crippen molar-refractivity contribution in [3.05, 3.63) is 28.8 Å². The molecular formula is C13H16ClNO2. The van der Waals surface area contributed by atoms with Crippen LogP contribution in [-0.2, 0) is 11.2 Å². The second-order valence-electron chi connectivity index (χ2n) is 4.23. The van der Waals surface area contributed by atoms with E-state index in [0.717, 1.165) is 31.5 Å². The molecule has 92 valence electrons. The summed E-state index contributed by atoms with van der Waals surface area (Å²) < 4.78 is 5.08. The molecule has 1 aliphatic heterocycles. The maximum Gasteiger partial charge on any atom is 0.226 e. The predicted octanol–water partition coefficient (Wildman–Crippen LogP) is 2.51. The summed E-state index contributed by atoms with van der Waals surface area (Å²) in [5, 5.41) is 0.555. The Morgan fingerprint density at radius 3 is 2.71 bits per heavy atom. The van der Waals surface area contributed by atoms with Crippen molar-refractivity contribution in [1.82, 2.24) is 4.90 Å². The zero-order valence-electron chi connectivity index (χ0n) is 9.91. The number of methoxy groups -OCH3 is 1. The normalized spacial score (nSPS) is 15.1. The Bertz CT molecular complexity index is 414. The van der Waals surface area contributed by atoms with Crippen molar-refractivity contribution in [3.63, 3.8) is 0 Å². The van der Waals surface area contributed by atoms with E-state index in [9.17, 15) is 4.79 Å². The average Bonchev–Trinajstić information content (AvgIpc) is 2.82. The maximum absolute atomic E-state index is 11.9. The Balaban J connectivity index is 2.03. The maximum atomic E-state index is 11.9. The zero-order chi connectivity index (χ0) is 12.3. The third-order valence-electron chi connectivity index (χ3n) is 3.03. The Morgan fingerprint density at radius 1 is 1.41 bits per heavy atom. The van der Waals surface area contributed by atoms with Crippen molar-refractivity contribution in [2.45, 2.75) is 19.3 Å². The van der Waals surface area contributed by atoms with Gasteiger partial charge in [0.05, 0.1) is 18.6 Å². The molecule has 1 amide bonds. The van der Waals surface area contributed by atoms with Crippen molar-refractivity contribution in [2.75, 3.05) is 20.2 Å². The highest BCUT2D eigenvalue weighted by atomic mass is 35.5. The van der Waals surface area contributed by atoms with E-state index in [2.05, 4.69) is 0 Å². The zero-order valence-corrected chi connectivity index (χ0v) is 10.7. The Labute approximate surface area is 106 Å². The van der Waals surface area contributed by atoms with Crippen LogP contribution in [0.5, 0.6) is 5.75 Å². The molecule has 0 aromatic heterocycles. The first-order chi connectivity index (χ1) is 8.20. The van der Waals surface area contributed by atoms with Gasteiger partial charge in [0.25, 0.3) is 0 Å². The van der Waals surface area contributed by atoms with Gasteiger partial charge < -0.3 is 9.64 Å². The number of nitrogens with zero attached hydrogens (tertiary/aromatic N) is 1. The number of carbonyl (C=O) groups excluding carboxylic acids is 1. The van der Waals surface area contributed by atoms with E-state index in [0.29, 0.717) is 17.2 Å². The highest BCUT2D eigenvalue weighted by molar-refractivity contribution is 6.32. The van der Waals surface area contributed by atoms with Gasteiger partial charge in [-0.25, -0.2) is 0 Å². The van der Waals surface area contributed by atoms with Crippen LogP contribution in [-0.4, -0.2) is 31.0 Å². The molecule has 0 radical (unpaired) electrons. The molecule has 4 heteroatoms. The third kappa shape index (κ3) is 2.91. The number of rotatable bonds is 3. The quantitative estimate of drug-likeness (QED) is 0.829. The largest absolute Gasteiger partial charge is 0.495 e. The van der Waals surface area contributed by atoms with Gasteiger partial charge in [-0.05, 0) is 30.5 Å². The molecule has 0 spiro atoms. The summed E-state index contributed by atoms with van der Waals surface area (Å²) >= 11 is 6.02. The number of amides is 1. The monoisotopic (exact) mass is 253 g/mol. The second kappa shape index (κ2) is 5.41. The van der Waals surface area contributed by atoms with Gasteiger partial charge in [0.1, 0.15) is 5.75 Å². The lowest BCUT2D eigenvalue weighted by Crippen LogP contribution is -2.29. The van der Waals surface area contributed by atoms with Crippen LogP contribution >= 0.6 is 11.6 Å². The van der Waals surface area contributed by atoms with Crippen molar-refractivity contribution in [2.24, 2.45) is 0 Å². The molecule has 2 rings (SSSR count). The number of benzene rings is 1. The Kier molecular flexibility index (Phi) is 3.89. The summed E-state index contributed by atoms with van der Waals surface area (Å²) in [7, 11) is 1.58. The van der Waals surface area contributed by atoms with Gasteiger partial charge in [0, 0.05) is 13.1 Å². The minimum absolute atomic E-state index is 0.184. The molecule has 0 saturated carbocycles. The number of hydrogen-bond acceptors (Lipinski definition) is 2. The van der Waals surface area contributed by atoms with Crippen LogP contribution in [0.25, 0.3) is 0 Å². The molecule has 1 aromatic carbocycles. The van der Waals surface area contributed by atoms with Crippen LogP contribution in [0.2, 0.25) is 5.02 Å². The summed E-state index contributed by atoms with van der Waals surface area (Å²) in [5.74, 6) is 0.827. The molecular weight excluding hydrogens is 238 g/mol. The summed E-state index contributed by atoms with van der Waals surface area (Å²) in [4.78, 5) is 13.8. The fourth-order valence-electron chi connectivity index (χ4n) is 2.07. The van der Waals surface area contributed by atoms with Crippen LogP contribution in [0.4, 0.5) is 0 Å². The van der Waals surface area contributed by atoms with Gasteiger partial charge in [-0.15, -0.1) is 0 Å². The molecule has 0 aliphatic carbocycles. The molecule has 1 aromatic rings. The third-order valence-corrected chi connectivity index (χ3v) is 3.33. The van der Waals surface area contributed by atoms with E-state index in [1.54, 1.807) is 19.2 Å². The lowest BCUT2D eigenvalue weighted by atomic mass is 10.1. The number of hydrogen-bond donors (Lipinski definition) is 0. The first kappa shape index (κ1) is 12.2. The highest BCUT2D eigenvalue weighted by Crippen LogP contribution is 2.25. The minimum Gasteiger partial charge on any atom is -0.495 e. The van der Waals surface area contributed by atoms with Crippen molar-refractivity contribution in [1.29, 1.82) is 0 Å². The summed E-state index contributed by atoms with van der Waals surface area (Å²) in [5.41, 5.74) is 0.938. The number of halogens is 1. The Morgan fingerprint density at radius 2 is 2.12 bits per heavy atom. The summed E-state index contributed by atoms with van der Waals surface area (Å²) in [6, 6.07) is 5.49. The van der Waals surface area contributed by atoms with E-state index in [1.807, 2.05) is 11.0 Å². The van der Waals surface area contributed by atoms with Crippen molar-refractivity contribution in [3.8, 4) is 5.75 Å². The molecule has 0 atom stereocenters. The van der Waals surface area contributed by atoms with Crippen LogP contribution in [0.15, 0.2) is 18.2 Å². The molecule has 1 aliphatic rings. The van der Waals surface area contributed by atoms with E-state index < -0.39 is 0 Å². The number of carbonyl (C=O) groups is 1. The first-order valence-electron chi connectivity index (χ1n) is 5.81. The fourth-order valence-corrected chi connectivity index (χ4v) is 2.35. The van der Waals surface area contributed by atoms with Gasteiger partial charge in [-0.3, -0.25) is 4.79 Å². The molecule has 17 heavy (non-hydrogen) atoms. The van der Waals surface area contributed by atoms with Gasteiger partial charge in [0.2, 0.25) is 5.91 Å². The Hall–Kier alpha value is -1.22. The van der Waals surface area contributed by atoms with Gasteiger partial charge in [0.15, 0.2) is 0 Å². The number of ether oxygens (including phenoxy) is 1. The van der Waals surface area contributed by atoms with Crippen LogP contribution in [0, 0.1) is 0 Å². The van der Waals surface area contributed by atoms with Gasteiger partial charge >= 0.3 is 0 Å². The molecule has 0 bridgehead atoms. The first-order valence-corrected chi connectivity index (χ1v) is 6.18. The molecule has 1 saturated heterocycles. The highest BCUT2D eigenvalue weighted by Gasteiger charge is 2.18. The van der Waals surface area contributed by atoms with E-state index in [-0.39, 0.29) is 5.91 Å². The molecule has 1 fully saturated rings. The topological polar surface area (TPSA) is 29.5 Å². The smallest absolute Gasteiger partial charge is 0.226 e. The molecule has 0 unspecified atom stereocenters. The van der Waals surface area contributed by atoms with Gasteiger partial charge in [-0.2, -0.15) is 0 Å². The molecule has 1 heterocycles. The van der Waals surface area contributed by atoms with E-state index in [4.69, 9.17) is 16.3 Å². The van der Waals surface area contributed by atoms with Crippen molar-refractivity contribution < 1.29 is 9.53 Å². The minimum atomic E-state index is 0.184. The van der Waals surface area contributed by atoms with Crippen LogP contribution in [0.1, 0.15) is 18.4 Å². The fraction of sp³-hybridized carbons (Fsp3) is 0.462.